The van der Waals surface area contributed by atoms with Crippen LogP contribution in [0.25, 0.3) is 22.2 Å². The van der Waals surface area contributed by atoms with Crippen LogP contribution in [0, 0.1) is 0 Å². The molecule has 0 radical (unpaired) electrons. The van der Waals surface area contributed by atoms with Crippen LogP contribution < -0.4 is 4.74 Å². The number of amides is 1. The van der Waals surface area contributed by atoms with Gasteiger partial charge in [0.15, 0.2) is 5.58 Å². The van der Waals surface area contributed by atoms with Gasteiger partial charge in [-0.05, 0) is 48.6 Å². The lowest BCUT2D eigenvalue weighted by Gasteiger charge is -2.22. The third kappa shape index (κ3) is 3.98. The lowest BCUT2D eigenvalue weighted by molar-refractivity contribution is -0.132. The molecule has 3 aromatic carbocycles. The van der Waals surface area contributed by atoms with Crippen molar-refractivity contribution in [3.63, 3.8) is 0 Å². The fourth-order valence-electron chi connectivity index (χ4n) is 4.50. The van der Waals surface area contributed by atoms with E-state index >= 15 is 0 Å². The van der Waals surface area contributed by atoms with Crippen molar-refractivity contribution in [1.82, 2.24) is 9.88 Å². The molecule has 5 rings (SSSR count). The number of aryl methyl sites for hydroxylation is 1. The number of carbonyl (C=O) groups excluding carboxylic acids is 1. The third-order valence-electron chi connectivity index (χ3n) is 6.15. The van der Waals surface area contributed by atoms with E-state index < -0.39 is 0 Å². The molecule has 5 nitrogen and oxygen atoms in total. The third-order valence-corrected chi connectivity index (χ3v) is 6.15. The predicted octanol–water partition coefficient (Wildman–Crippen LogP) is 5.80. The van der Waals surface area contributed by atoms with Crippen LogP contribution in [0.15, 0.2) is 77.2 Å². The molecule has 4 aromatic rings. The van der Waals surface area contributed by atoms with Crippen molar-refractivity contribution in [1.29, 1.82) is 0 Å². The zero-order valence-corrected chi connectivity index (χ0v) is 18.2. The Morgan fingerprint density at radius 2 is 1.91 bits per heavy atom. The number of likely N-dealkylation sites (tertiary alicyclic amines) is 1. The molecule has 1 fully saturated rings. The van der Waals surface area contributed by atoms with Crippen molar-refractivity contribution >= 4 is 17.0 Å². The molecule has 1 aliphatic rings. The average molecular weight is 427 g/mol. The van der Waals surface area contributed by atoms with Crippen LogP contribution >= 0.6 is 0 Å². The first-order valence-electron chi connectivity index (χ1n) is 11.1. The number of ether oxygens (including phenoxy) is 1. The summed E-state index contributed by atoms with van der Waals surface area (Å²) in [5.74, 6) is 1.61. The topological polar surface area (TPSA) is 55.6 Å². The van der Waals surface area contributed by atoms with Crippen LogP contribution in [0.4, 0.5) is 0 Å². The second kappa shape index (κ2) is 8.87. The fourth-order valence-corrected chi connectivity index (χ4v) is 4.50. The number of hydrogen-bond acceptors (Lipinski definition) is 4. The number of benzene rings is 3. The Labute approximate surface area is 187 Å². The minimum atomic E-state index is -0.0969. The molecule has 162 valence electrons. The average Bonchev–Trinajstić information content (AvgIpc) is 3.49. The lowest BCUT2D eigenvalue weighted by Crippen LogP contribution is -2.30. The minimum Gasteiger partial charge on any atom is -0.496 e. The SMILES string of the molecule is COc1ccccc1-c1ccc2oc(C3CCCN3C(=O)CCc3ccccc3)nc2c1. The molecule has 1 aliphatic heterocycles. The predicted molar refractivity (Wildman–Crippen MR) is 124 cm³/mol. The lowest BCUT2D eigenvalue weighted by atomic mass is 10.0. The van der Waals surface area contributed by atoms with Gasteiger partial charge in [0, 0.05) is 18.5 Å². The van der Waals surface area contributed by atoms with Gasteiger partial charge in [0.05, 0.1) is 7.11 Å². The van der Waals surface area contributed by atoms with E-state index in [9.17, 15) is 4.79 Å². The standard InChI is InChI=1S/C27H26N2O3/c1-31-24-12-6-5-10-21(24)20-14-15-25-22(18-20)28-27(32-25)23-11-7-17-29(23)26(30)16-13-19-8-3-2-4-9-19/h2-6,8-10,12,14-15,18,23H,7,11,13,16-17H2,1H3. The summed E-state index contributed by atoms with van der Waals surface area (Å²) in [5, 5.41) is 0. The first-order chi connectivity index (χ1) is 15.7. The summed E-state index contributed by atoms with van der Waals surface area (Å²) in [6, 6.07) is 24.0. The number of oxazole rings is 1. The quantitative estimate of drug-likeness (QED) is 0.391. The summed E-state index contributed by atoms with van der Waals surface area (Å²) >= 11 is 0. The zero-order chi connectivity index (χ0) is 21.9. The van der Waals surface area contributed by atoms with Crippen molar-refractivity contribution in [3.05, 3.63) is 84.3 Å². The molecule has 1 unspecified atom stereocenters. The summed E-state index contributed by atoms with van der Waals surface area (Å²) in [7, 11) is 1.68. The van der Waals surface area contributed by atoms with E-state index in [4.69, 9.17) is 14.1 Å². The molecule has 1 amide bonds. The van der Waals surface area contributed by atoms with Gasteiger partial charge in [-0.15, -0.1) is 0 Å². The van der Waals surface area contributed by atoms with Crippen molar-refractivity contribution in [2.45, 2.75) is 31.7 Å². The van der Waals surface area contributed by atoms with Crippen LogP contribution in [0.3, 0.4) is 0 Å². The first kappa shape index (κ1) is 20.3. The Morgan fingerprint density at radius 1 is 1.09 bits per heavy atom. The normalized spacial score (nSPS) is 15.9. The van der Waals surface area contributed by atoms with Gasteiger partial charge in [-0.3, -0.25) is 4.79 Å². The molecule has 32 heavy (non-hydrogen) atoms. The number of fused-ring (bicyclic) bond motifs is 1. The molecule has 2 heterocycles. The second-order valence-corrected chi connectivity index (χ2v) is 8.17. The number of methoxy groups -OCH3 is 1. The summed E-state index contributed by atoms with van der Waals surface area (Å²) < 4.78 is 11.6. The van der Waals surface area contributed by atoms with Crippen LogP contribution in [-0.2, 0) is 11.2 Å². The zero-order valence-electron chi connectivity index (χ0n) is 18.2. The van der Waals surface area contributed by atoms with Crippen LogP contribution in [0.2, 0.25) is 0 Å². The highest BCUT2D eigenvalue weighted by molar-refractivity contribution is 5.82. The van der Waals surface area contributed by atoms with E-state index in [1.54, 1.807) is 7.11 Å². The van der Waals surface area contributed by atoms with E-state index in [0.29, 0.717) is 12.3 Å². The molecule has 0 aliphatic carbocycles. The largest absolute Gasteiger partial charge is 0.496 e. The van der Waals surface area contributed by atoms with E-state index in [0.717, 1.165) is 53.8 Å². The molecule has 1 aromatic heterocycles. The molecule has 1 saturated heterocycles. The Hall–Kier alpha value is -3.60. The number of aromatic nitrogens is 1. The maximum absolute atomic E-state index is 13.0. The van der Waals surface area contributed by atoms with Crippen LogP contribution in [0.1, 0.15) is 36.8 Å². The van der Waals surface area contributed by atoms with Crippen LogP contribution in [0.5, 0.6) is 5.75 Å². The number of para-hydroxylation sites is 1. The Kier molecular flexibility index (Phi) is 5.63. The van der Waals surface area contributed by atoms with Gasteiger partial charge < -0.3 is 14.1 Å². The van der Waals surface area contributed by atoms with Crippen molar-refractivity contribution in [2.24, 2.45) is 0 Å². The van der Waals surface area contributed by atoms with Crippen molar-refractivity contribution in [2.75, 3.05) is 13.7 Å². The van der Waals surface area contributed by atoms with Gasteiger partial charge >= 0.3 is 0 Å². The van der Waals surface area contributed by atoms with Gasteiger partial charge in [-0.2, -0.15) is 0 Å². The van der Waals surface area contributed by atoms with Gasteiger partial charge in [-0.25, -0.2) is 4.98 Å². The number of hydrogen-bond donors (Lipinski definition) is 0. The van der Waals surface area contributed by atoms with E-state index in [-0.39, 0.29) is 11.9 Å². The monoisotopic (exact) mass is 426 g/mol. The maximum Gasteiger partial charge on any atom is 0.223 e. The smallest absolute Gasteiger partial charge is 0.223 e. The first-order valence-corrected chi connectivity index (χ1v) is 11.1. The Morgan fingerprint density at radius 3 is 2.75 bits per heavy atom. The molecule has 0 saturated carbocycles. The summed E-state index contributed by atoms with van der Waals surface area (Å²) in [5.41, 5.74) is 4.76. The summed E-state index contributed by atoms with van der Waals surface area (Å²) in [4.78, 5) is 19.7. The number of rotatable bonds is 6. The van der Waals surface area contributed by atoms with E-state index in [2.05, 4.69) is 12.1 Å². The van der Waals surface area contributed by atoms with E-state index in [1.165, 1.54) is 5.56 Å². The maximum atomic E-state index is 13.0. The molecule has 0 spiro atoms. The van der Waals surface area contributed by atoms with Crippen LogP contribution in [-0.4, -0.2) is 29.4 Å². The molecular formula is C27H26N2O3. The molecule has 1 atom stereocenters. The van der Waals surface area contributed by atoms with Crippen molar-refractivity contribution < 1.29 is 13.9 Å². The van der Waals surface area contributed by atoms with Gasteiger partial charge in [0.25, 0.3) is 0 Å². The molecule has 0 bridgehead atoms. The minimum absolute atomic E-state index is 0.0969. The molecular weight excluding hydrogens is 400 g/mol. The van der Waals surface area contributed by atoms with Gasteiger partial charge in [-0.1, -0.05) is 54.6 Å². The highest BCUT2D eigenvalue weighted by Gasteiger charge is 2.33. The fraction of sp³-hybridized carbons (Fsp3) is 0.259. The van der Waals surface area contributed by atoms with E-state index in [1.807, 2.05) is 65.6 Å². The van der Waals surface area contributed by atoms with Crippen molar-refractivity contribution in [3.8, 4) is 16.9 Å². The number of nitrogens with zero attached hydrogens (tertiary/aromatic N) is 2. The molecule has 0 N–H and O–H groups in total. The van der Waals surface area contributed by atoms with Gasteiger partial charge in [0.2, 0.25) is 11.8 Å². The number of carbonyl (C=O) groups is 1. The summed E-state index contributed by atoms with van der Waals surface area (Å²) in [6.45, 7) is 0.753. The highest BCUT2D eigenvalue weighted by Crippen LogP contribution is 2.36. The van der Waals surface area contributed by atoms with Gasteiger partial charge in [0.1, 0.15) is 17.3 Å². The Bertz CT molecular complexity index is 1230. The second-order valence-electron chi connectivity index (χ2n) is 8.17. The summed E-state index contributed by atoms with van der Waals surface area (Å²) in [6.07, 6.45) is 3.09. The molecule has 5 heteroatoms. The Balaban J connectivity index is 1.37. The highest BCUT2D eigenvalue weighted by atomic mass is 16.5.